The van der Waals surface area contributed by atoms with Crippen molar-refractivity contribution in [1.29, 1.82) is 0 Å². The van der Waals surface area contributed by atoms with E-state index in [9.17, 15) is 5.11 Å². The lowest BCUT2D eigenvalue weighted by molar-refractivity contribution is 0.0309. The second-order valence-corrected chi connectivity index (χ2v) is 6.36. The first-order valence-electron chi connectivity index (χ1n) is 7.43. The van der Waals surface area contributed by atoms with Crippen LogP contribution in [0.15, 0.2) is 30.6 Å². The van der Waals surface area contributed by atoms with Crippen molar-refractivity contribution in [3.05, 3.63) is 47.5 Å². The Balaban J connectivity index is 1.90. The number of hydrogen-bond acceptors (Lipinski definition) is 4. The van der Waals surface area contributed by atoms with Gasteiger partial charge in [0.2, 0.25) is 0 Å². The van der Waals surface area contributed by atoms with Gasteiger partial charge in [0.1, 0.15) is 12.2 Å². The van der Waals surface area contributed by atoms with E-state index < -0.39 is 5.60 Å². The van der Waals surface area contributed by atoms with Crippen molar-refractivity contribution in [1.82, 2.24) is 14.8 Å². The van der Waals surface area contributed by atoms with Crippen molar-refractivity contribution < 1.29 is 5.11 Å². The predicted octanol–water partition coefficient (Wildman–Crippen LogP) is 1.77. The fourth-order valence-corrected chi connectivity index (χ4v) is 3.18. The van der Waals surface area contributed by atoms with E-state index in [1.165, 1.54) is 0 Å². The van der Waals surface area contributed by atoms with Crippen LogP contribution in [0.2, 0.25) is 0 Å². The average molecular weight is 286 g/mol. The zero-order valence-corrected chi connectivity index (χ0v) is 12.5. The van der Waals surface area contributed by atoms with E-state index in [0.29, 0.717) is 18.8 Å². The van der Waals surface area contributed by atoms with Gasteiger partial charge < -0.3 is 10.8 Å². The summed E-state index contributed by atoms with van der Waals surface area (Å²) in [5.74, 6) is 1.30. The molecular weight excluding hydrogens is 264 g/mol. The van der Waals surface area contributed by atoms with Crippen LogP contribution in [0, 0.1) is 5.92 Å². The molecule has 21 heavy (non-hydrogen) atoms. The van der Waals surface area contributed by atoms with Crippen molar-refractivity contribution >= 4 is 0 Å². The van der Waals surface area contributed by atoms with Gasteiger partial charge >= 0.3 is 0 Å². The highest BCUT2D eigenvalue weighted by molar-refractivity contribution is 5.40. The van der Waals surface area contributed by atoms with Crippen LogP contribution in [0.25, 0.3) is 0 Å². The summed E-state index contributed by atoms with van der Waals surface area (Å²) in [7, 11) is 0. The topological polar surface area (TPSA) is 77.0 Å². The van der Waals surface area contributed by atoms with Crippen molar-refractivity contribution in [2.24, 2.45) is 11.7 Å². The van der Waals surface area contributed by atoms with Crippen molar-refractivity contribution in [2.75, 3.05) is 0 Å². The van der Waals surface area contributed by atoms with E-state index in [0.717, 1.165) is 23.5 Å². The Kier molecular flexibility index (Phi) is 3.55. The minimum atomic E-state index is -0.947. The van der Waals surface area contributed by atoms with E-state index in [1.807, 2.05) is 28.9 Å². The number of benzene rings is 1. The molecule has 2 aromatic rings. The van der Waals surface area contributed by atoms with E-state index in [4.69, 9.17) is 5.73 Å². The second kappa shape index (κ2) is 5.24. The first-order chi connectivity index (χ1) is 9.99. The normalized spacial score (nSPS) is 24.5. The van der Waals surface area contributed by atoms with E-state index in [2.05, 4.69) is 23.9 Å². The molecule has 0 spiro atoms. The largest absolute Gasteiger partial charge is 0.385 e. The van der Waals surface area contributed by atoms with Gasteiger partial charge in [-0.2, -0.15) is 5.10 Å². The van der Waals surface area contributed by atoms with Gasteiger partial charge in [-0.1, -0.05) is 38.1 Å². The minimum absolute atomic E-state index is 0.118. The zero-order chi connectivity index (χ0) is 15.0. The number of rotatable bonds is 4. The Hall–Kier alpha value is -1.72. The molecule has 5 nitrogen and oxygen atoms in total. The maximum atomic E-state index is 11.1. The molecule has 1 aliphatic carbocycles. The number of fused-ring (bicyclic) bond motifs is 1. The monoisotopic (exact) mass is 286 g/mol. The van der Waals surface area contributed by atoms with Gasteiger partial charge in [-0.05, 0) is 17.0 Å². The number of aromatic nitrogens is 3. The highest BCUT2D eigenvalue weighted by atomic mass is 16.3. The summed E-state index contributed by atoms with van der Waals surface area (Å²) in [6.45, 7) is 5.08. The van der Waals surface area contributed by atoms with Gasteiger partial charge in [0.05, 0.1) is 5.60 Å². The van der Waals surface area contributed by atoms with Crippen LogP contribution in [-0.4, -0.2) is 19.9 Å². The molecule has 1 aliphatic rings. The number of aliphatic hydroxyl groups is 1. The number of nitrogens with two attached hydrogens (primary N) is 1. The molecule has 2 unspecified atom stereocenters. The highest BCUT2D eigenvalue weighted by Gasteiger charge is 2.41. The average Bonchev–Trinajstić information content (AvgIpc) is 2.94. The summed E-state index contributed by atoms with van der Waals surface area (Å²) in [4.78, 5) is 4.33. The highest BCUT2D eigenvalue weighted by Crippen LogP contribution is 2.43. The molecule has 0 fully saturated rings. The molecule has 1 heterocycles. The van der Waals surface area contributed by atoms with Gasteiger partial charge in [-0.3, -0.25) is 0 Å². The molecule has 5 heteroatoms. The van der Waals surface area contributed by atoms with Gasteiger partial charge in [0, 0.05) is 25.4 Å². The Morgan fingerprint density at radius 1 is 1.43 bits per heavy atom. The maximum absolute atomic E-state index is 11.1. The maximum Gasteiger partial charge on any atom is 0.138 e. The Morgan fingerprint density at radius 3 is 2.95 bits per heavy atom. The second-order valence-electron chi connectivity index (χ2n) is 6.36. The van der Waals surface area contributed by atoms with Gasteiger partial charge in [-0.25, -0.2) is 9.67 Å². The fraction of sp³-hybridized carbons (Fsp3) is 0.500. The quantitative estimate of drug-likeness (QED) is 0.898. The van der Waals surface area contributed by atoms with Gasteiger partial charge in [0.25, 0.3) is 0 Å². The lowest BCUT2D eigenvalue weighted by atomic mass is 9.92. The van der Waals surface area contributed by atoms with Crippen LogP contribution in [0.4, 0.5) is 0 Å². The van der Waals surface area contributed by atoms with Gasteiger partial charge in [-0.15, -0.1) is 0 Å². The molecule has 0 saturated carbocycles. The first-order valence-corrected chi connectivity index (χ1v) is 7.43. The Bertz CT molecular complexity index is 637. The Morgan fingerprint density at radius 2 is 2.19 bits per heavy atom. The standard InChI is InChI=1S/C16H22N4O/c1-11(2)9-20-15(18-10-19-20)8-16(21)7-14(17)12-5-3-4-6-13(12)16/h3-6,10-11,14,21H,7-9,17H2,1-2H3. The van der Waals surface area contributed by atoms with Crippen LogP contribution in [0.5, 0.6) is 0 Å². The molecule has 0 aliphatic heterocycles. The summed E-state index contributed by atoms with van der Waals surface area (Å²) >= 11 is 0. The van der Waals surface area contributed by atoms with Crippen LogP contribution < -0.4 is 5.73 Å². The molecule has 2 atom stereocenters. The third kappa shape index (κ3) is 2.59. The number of hydrogen-bond donors (Lipinski definition) is 2. The molecule has 3 rings (SSSR count). The van der Waals surface area contributed by atoms with E-state index >= 15 is 0 Å². The van der Waals surface area contributed by atoms with Crippen molar-refractivity contribution in [2.45, 2.75) is 44.9 Å². The number of nitrogens with zero attached hydrogens (tertiary/aromatic N) is 3. The molecule has 0 saturated heterocycles. The minimum Gasteiger partial charge on any atom is -0.385 e. The van der Waals surface area contributed by atoms with Gasteiger partial charge in [0.15, 0.2) is 0 Å². The predicted molar refractivity (Wildman–Crippen MR) is 80.4 cm³/mol. The Labute approximate surface area is 124 Å². The first kappa shape index (κ1) is 14.2. The molecule has 112 valence electrons. The van der Waals surface area contributed by atoms with Crippen LogP contribution in [-0.2, 0) is 18.6 Å². The summed E-state index contributed by atoms with van der Waals surface area (Å²) in [6.07, 6.45) is 2.53. The molecule has 1 aromatic carbocycles. The molecule has 0 radical (unpaired) electrons. The summed E-state index contributed by atoms with van der Waals surface area (Å²) in [5.41, 5.74) is 7.18. The van der Waals surface area contributed by atoms with Crippen LogP contribution in [0.1, 0.15) is 43.3 Å². The summed E-state index contributed by atoms with van der Waals surface area (Å²) < 4.78 is 1.88. The molecule has 0 bridgehead atoms. The van der Waals surface area contributed by atoms with E-state index in [1.54, 1.807) is 6.33 Å². The zero-order valence-electron chi connectivity index (χ0n) is 12.5. The third-order valence-electron chi connectivity index (χ3n) is 4.10. The smallest absolute Gasteiger partial charge is 0.138 e. The summed E-state index contributed by atoms with van der Waals surface area (Å²) in [5, 5.41) is 15.4. The lowest BCUT2D eigenvalue weighted by Crippen LogP contribution is -2.28. The third-order valence-corrected chi connectivity index (χ3v) is 4.10. The molecule has 3 N–H and O–H groups in total. The lowest BCUT2D eigenvalue weighted by Gasteiger charge is -2.24. The summed E-state index contributed by atoms with van der Waals surface area (Å²) in [6, 6.07) is 7.75. The van der Waals surface area contributed by atoms with Crippen LogP contribution >= 0.6 is 0 Å². The van der Waals surface area contributed by atoms with Crippen LogP contribution in [0.3, 0.4) is 0 Å². The molecular formula is C16H22N4O. The molecule has 0 amide bonds. The van der Waals surface area contributed by atoms with E-state index in [-0.39, 0.29) is 6.04 Å². The van der Waals surface area contributed by atoms with Crippen molar-refractivity contribution in [3.63, 3.8) is 0 Å². The fourth-order valence-electron chi connectivity index (χ4n) is 3.18. The molecule has 1 aromatic heterocycles. The SMILES string of the molecule is CC(C)Cn1ncnc1CC1(O)CC(N)c2ccccc21. The van der Waals surface area contributed by atoms with Crippen molar-refractivity contribution in [3.8, 4) is 0 Å².